The van der Waals surface area contributed by atoms with Gasteiger partial charge in [0.1, 0.15) is 0 Å². The van der Waals surface area contributed by atoms with E-state index in [-0.39, 0.29) is 0 Å². The van der Waals surface area contributed by atoms with Crippen molar-refractivity contribution in [1.82, 2.24) is 9.88 Å². The molecular weight excluding hydrogens is 224 g/mol. The molecule has 0 radical (unpaired) electrons. The van der Waals surface area contributed by atoms with Crippen LogP contribution in [0.2, 0.25) is 0 Å². The Balaban J connectivity index is 2.36. The third-order valence-electron chi connectivity index (χ3n) is 2.86. The zero-order valence-electron chi connectivity index (χ0n) is 11.9. The van der Waals surface area contributed by atoms with Crippen molar-refractivity contribution in [2.75, 3.05) is 43.4 Å². The van der Waals surface area contributed by atoms with E-state index in [1.165, 1.54) is 13.0 Å². The van der Waals surface area contributed by atoms with Gasteiger partial charge in [0.15, 0.2) is 0 Å². The molecule has 4 nitrogen and oxygen atoms in total. The average molecular weight is 250 g/mol. The second kappa shape index (κ2) is 8.75. The fourth-order valence-electron chi connectivity index (χ4n) is 1.94. The van der Waals surface area contributed by atoms with Crippen LogP contribution in [0.4, 0.5) is 11.4 Å². The van der Waals surface area contributed by atoms with Crippen LogP contribution in [0.15, 0.2) is 18.5 Å². The number of hydrogen-bond donors (Lipinski definition) is 2. The number of hydrogen-bond acceptors (Lipinski definition) is 4. The Morgan fingerprint density at radius 3 is 2.39 bits per heavy atom. The first-order valence-corrected chi connectivity index (χ1v) is 6.95. The van der Waals surface area contributed by atoms with Gasteiger partial charge in [-0.05, 0) is 32.5 Å². The molecule has 102 valence electrons. The molecule has 0 unspecified atom stereocenters. The lowest BCUT2D eigenvalue weighted by Gasteiger charge is -2.19. The maximum atomic E-state index is 4.22. The Morgan fingerprint density at radius 2 is 1.78 bits per heavy atom. The minimum Gasteiger partial charge on any atom is -0.384 e. The highest BCUT2D eigenvalue weighted by molar-refractivity contribution is 5.53. The summed E-state index contributed by atoms with van der Waals surface area (Å²) in [7, 11) is 0. The fourth-order valence-corrected chi connectivity index (χ4v) is 1.94. The number of nitrogens with one attached hydrogen (secondary N) is 2. The minimum atomic E-state index is 0.922. The number of likely N-dealkylation sites (N-methyl/N-ethyl adjacent to an activating group) is 1. The second-order valence-electron chi connectivity index (χ2n) is 4.35. The van der Waals surface area contributed by atoms with E-state index in [0.29, 0.717) is 0 Å². The summed E-state index contributed by atoms with van der Waals surface area (Å²) in [5.41, 5.74) is 2.16. The molecule has 0 amide bonds. The molecule has 0 aliphatic rings. The molecule has 0 fully saturated rings. The van der Waals surface area contributed by atoms with Crippen LogP contribution in [0.1, 0.15) is 27.2 Å². The van der Waals surface area contributed by atoms with Crippen molar-refractivity contribution in [3.8, 4) is 0 Å². The summed E-state index contributed by atoms with van der Waals surface area (Å²) in [6.45, 7) is 11.8. The largest absolute Gasteiger partial charge is 0.384 e. The third-order valence-corrected chi connectivity index (χ3v) is 2.86. The van der Waals surface area contributed by atoms with Crippen LogP contribution in [0.25, 0.3) is 0 Å². The Kier molecular flexibility index (Phi) is 7.18. The van der Waals surface area contributed by atoms with Crippen molar-refractivity contribution in [3.63, 3.8) is 0 Å². The molecule has 1 rings (SSSR count). The molecule has 0 saturated heterocycles. The maximum absolute atomic E-state index is 4.22. The SMILES string of the molecule is CCCN(CC)CCNc1cncc(NCC)c1. The molecule has 0 atom stereocenters. The van der Waals surface area contributed by atoms with Gasteiger partial charge in [-0.25, -0.2) is 0 Å². The first kappa shape index (κ1) is 14.8. The highest BCUT2D eigenvalue weighted by Gasteiger charge is 2.00. The highest BCUT2D eigenvalue weighted by atomic mass is 15.1. The first-order valence-electron chi connectivity index (χ1n) is 6.95. The molecule has 0 aliphatic carbocycles. The second-order valence-corrected chi connectivity index (χ2v) is 4.35. The van der Waals surface area contributed by atoms with Crippen molar-refractivity contribution in [2.45, 2.75) is 27.2 Å². The molecule has 1 aromatic heterocycles. The lowest BCUT2D eigenvalue weighted by Crippen LogP contribution is -2.29. The van der Waals surface area contributed by atoms with Crippen LogP contribution in [0, 0.1) is 0 Å². The minimum absolute atomic E-state index is 0.922. The lowest BCUT2D eigenvalue weighted by atomic mass is 10.3. The molecule has 0 bridgehead atoms. The molecule has 0 aromatic carbocycles. The fraction of sp³-hybridized carbons (Fsp3) is 0.643. The van der Waals surface area contributed by atoms with E-state index >= 15 is 0 Å². The van der Waals surface area contributed by atoms with Gasteiger partial charge in [-0.2, -0.15) is 0 Å². The molecular formula is C14H26N4. The summed E-state index contributed by atoms with van der Waals surface area (Å²) in [6, 6.07) is 2.10. The van der Waals surface area contributed by atoms with Crippen LogP contribution >= 0.6 is 0 Å². The maximum Gasteiger partial charge on any atom is 0.0547 e. The van der Waals surface area contributed by atoms with Gasteiger partial charge in [-0.15, -0.1) is 0 Å². The molecule has 1 heterocycles. The number of rotatable bonds is 9. The van der Waals surface area contributed by atoms with Crippen molar-refractivity contribution >= 4 is 11.4 Å². The predicted octanol–water partition coefficient (Wildman–Crippen LogP) is 2.66. The Bertz CT molecular complexity index is 327. The summed E-state index contributed by atoms with van der Waals surface area (Å²) in [4.78, 5) is 6.67. The quantitative estimate of drug-likeness (QED) is 0.707. The normalized spacial score (nSPS) is 10.7. The van der Waals surface area contributed by atoms with Gasteiger partial charge < -0.3 is 15.5 Å². The number of nitrogens with zero attached hydrogens (tertiary/aromatic N) is 2. The average Bonchev–Trinajstić information content (AvgIpc) is 2.38. The van der Waals surface area contributed by atoms with Gasteiger partial charge >= 0.3 is 0 Å². The van der Waals surface area contributed by atoms with Gasteiger partial charge in [0.05, 0.1) is 23.8 Å². The molecule has 4 heteroatoms. The molecule has 0 spiro atoms. The van der Waals surface area contributed by atoms with Gasteiger partial charge in [0.25, 0.3) is 0 Å². The summed E-state index contributed by atoms with van der Waals surface area (Å²) in [5, 5.41) is 6.69. The van der Waals surface area contributed by atoms with E-state index < -0.39 is 0 Å². The van der Waals surface area contributed by atoms with Crippen LogP contribution < -0.4 is 10.6 Å². The van der Waals surface area contributed by atoms with Gasteiger partial charge in [-0.3, -0.25) is 4.98 Å². The van der Waals surface area contributed by atoms with Crippen LogP contribution in [-0.4, -0.2) is 42.6 Å². The van der Waals surface area contributed by atoms with Crippen LogP contribution in [-0.2, 0) is 0 Å². The van der Waals surface area contributed by atoms with Crippen LogP contribution in [0.3, 0.4) is 0 Å². The lowest BCUT2D eigenvalue weighted by molar-refractivity contribution is 0.300. The van der Waals surface area contributed by atoms with Gasteiger partial charge in [-0.1, -0.05) is 13.8 Å². The standard InChI is InChI=1S/C14H26N4/c1-4-8-18(6-3)9-7-17-14-10-13(16-5-2)11-15-12-14/h10-12,16-17H,4-9H2,1-3H3. The Morgan fingerprint density at radius 1 is 1.06 bits per heavy atom. The topological polar surface area (TPSA) is 40.2 Å². The van der Waals surface area contributed by atoms with E-state index in [0.717, 1.165) is 37.6 Å². The first-order chi connectivity index (χ1) is 8.80. The van der Waals surface area contributed by atoms with Crippen molar-refractivity contribution < 1.29 is 0 Å². The zero-order chi connectivity index (χ0) is 13.2. The van der Waals surface area contributed by atoms with E-state index in [4.69, 9.17) is 0 Å². The summed E-state index contributed by atoms with van der Waals surface area (Å²) >= 11 is 0. The Hall–Kier alpha value is -1.29. The number of pyridine rings is 1. The van der Waals surface area contributed by atoms with Crippen molar-refractivity contribution in [3.05, 3.63) is 18.5 Å². The van der Waals surface area contributed by atoms with Gasteiger partial charge in [0, 0.05) is 19.6 Å². The summed E-state index contributed by atoms with van der Waals surface area (Å²) in [5.74, 6) is 0. The monoisotopic (exact) mass is 250 g/mol. The molecule has 0 saturated carbocycles. The summed E-state index contributed by atoms with van der Waals surface area (Å²) in [6.07, 6.45) is 4.94. The van der Waals surface area contributed by atoms with E-state index in [1.807, 2.05) is 12.4 Å². The van der Waals surface area contributed by atoms with Crippen molar-refractivity contribution in [1.29, 1.82) is 0 Å². The van der Waals surface area contributed by atoms with Crippen molar-refractivity contribution in [2.24, 2.45) is 0 Å². The van der Waals surface area contributed by atoms with Crippen LogP contribution in [0.5, 0.6) is 0 Å². The van der Waals surface area contributed by atoms with E-state index in [9.17, 15) is 0 Å². The molecule has 2 N–H and O–H groups in total. The predicted molar refractivity (Wildman–Crippen MR) is 79.3 cm³/mol. The molecule has 0 aliphatic heterocycles. The number of anilines is 2. The Labute approximate surface area is 111 Å². The third kappa shape index (κ3) is 5.36. The van der Waals surface area contributed by atoms with E-state index in [1.54, 1.807) is 0 Å². The van der Waals surface area contributed by atoms with Gasteiger partial charge in [0.2, 0.25) is 0 Å². The highest BCUT2D eigenvalue weighted by Crippen LogP contribution is 2.12. The number of aromatic nitrogens is 1. The molecule has 1 aromatic rings. The zero-order valence-corrected chi connectivity index (χ0v) is 11.9. The van der Waals surface area contributed by atoms with E-state index in [2.05, 4.69) is 47.4 Å². The summed E-state index contributed by atoms with van der Waals surface area (Å²) < 4.78 is 0. The smallest absolute Gasteiger partial charge is 0.0547 e. The molecule has 18 heavy (non-hydrogen) atoms.